The number of anilines is 1. The Kier molecular flexibility index (Phi) is 4.62. The molecule has 0 aromatic heterocycles. The first kappa shape index (κ1) is 12.8. The SMILES string of the molecule is CCCOc1ccc(NCC(C)(C)O)cc1. The van der Waals surface area contributed by atoms with Gasteiger partial charge in [-0.05, 0) is 44.5 Å². The van der Waals surface area contributed by atoms with Crippen molar-refractivity contribution in [2.24, 2.45) is 0 Å². The van der Waals surface area contributed by atoms with Gasteiger partial charge in [0.25, 0.3) is 0 Å². The van der Waals surface area contributed by atoms with Crippen LogP contribution in [0.4, 0.5) is 5.69 Å². The van der Waals surface area contributed by atoms with Crippen molar-refractivity contribution in [3.8, 4) is 5.75 Å². The van der Waals surface area contributed by atoms with E-state index in [4.69, 9.17) is 4.74 Å². The minimum absolute atomic E-state index is 0.530. The molecule has 90 valence electrons. The van der Waals surface area contributed by atoms with Gasteiger partial charge in [-0.3, -0.25) is 0 Å². The first-order chi connectivity index (χ1) is 7.51. The standard InChI is InChI=1S/C13H21NO2/c1-4-9-16-12-7-5-11(6-8-12)14-10-13(2,3)15/h5-8,14-15H,4,9-10H2,1-3H3. The van der Waals surface area contributed by atoms with Crippen molar-refractivity contribution in [3.05, 3.63) is 24.3 Å². The highest BCUT2D eigenvalue weighted by Crippen LogP contribution is 2.16. The van der Waals surface area contributed by atoms with Gasteiger partial charge < -0.3 is 15.2 Å². The number of nitrogens with one attached hydrogen (secondary N) is 1. The summed E-state index contributed by atoms with van der Waals surface area (Å²) in [5.74, 6) is 0.885. The summed E-state index contributed by atoms with van der Waals surface area (Å²) >= 11 is 0. The largest absolute Gasteiger partial charge is 0.494 e. The maximum absolute atomic E-state index is 9.56. The fourth-order valence-corrected chi connectivity index (χ4v) is 1.21. The molecule has 0 unspecified atom stereocenters. The van der Waals surface area contributed by atoms with Crippen molar-refractivity contribution in [1.82, 2.24) is 0 Å². The fourth-order valence-electron chi connectivity index (χ4n) is 1.21. The van der Waals surface area contributed by atoms with Gasteiger partial charge in [0.2, 0.25) is 0 Å². The van der Waals surface area contributed by atoms with E-state index in [0.29, 0.717) is 6.54 Å². The molecule has 0 radical (unpaired) electrons. The first-order valence-electron chi connectivity index (χ1n) is 5.70. The van der Waals surface area contributed by atoms with E-state index in [1.807, 2.05) is 24.3 Å². The monoisotopic (exact) mass is 223 g/mol. The third-order valence-corrected chi connectivity index (χ3v) is 2.05. The Bertz CT molecular complexity index is 301. The van der Waals surface area contributed by atoms with Gasteiger partial charge in [-0.15, -0.1) is 0 Å². The van der Waals surface area contributed by atoms with Crippen LogP contribution in [0.2, 0.25) is 0 Å². The van der Waals surface area contributed by atoms with Crippen molar-refractivity contribution < 1.29 is 9.84 Å². The second-order valence-corrected chi connectivity index (χ2v) is 4.54. The van der Waals surface area contributed by atoms with Crippen LogP contribution in [0.3, 0.4) is 0 Å². The average molecular weight is 223 g/mol. The molecular weight excluding hydrogens is 202 g/mol. The third-order valence-electron chi connectivity index (χ3n) is 2.05. The normalized spacial score (nSPS) is 11.2. The highest BCUT2D eigenvalue weighted by molar-refractivity contribution is 5.46. The Balaban J connectivity index is 2.45. The van der Waals surface area contributed by atoms with E-state index in [-0.39, 0.29) is 0 Å². The van der Waals surface area contributed by atoms with Crippen LogP contribution in [-0.4, -0.2) is 23.9 Å². The zero-order valence-electron chi connectivity index (χ0n) is 10.3. The van der Waals surface area contributed by atoms with E-state index in [1.165, 1.54) is 0 Å². The molecule has 2 N–H and O–H groups in total. The van der Waals surface area contributed by atoms with Crippen LogP contribution in [0.1, 0.15) is 27.2 Å². The molecule has 0 heterocycles. The van der Waals surface area contributed by atoms with Crippen molar-refractivity contribution in [3.63, 3.8) is 0 Å². The van der Waals surface area contributed by atoms with E-state index in [0.717, 1.165) is 24.5 Å². The van der Waals surface area contributed by atoms with Crippen molar-refractivity contribution >= 4 is 5.69 Å². The molecule has 0 amide bonds. The maximum Gasteiger partial charge on any atom is 0.119 e. The van der Waals surface area contributed by atoms with Gasteiger partial charge in [0, 0.05) is 12.2 Å². The average Bonchev–Trinajstić information content (AvgIpc) is 2.24. The Morgan fingerprint density at radius 3 is 2.38 bits per heavy atom. The van der Waals surface area contributed by atoms with Crippen LogP contribution >= 0.6 is 0 Å². The van der Waals surface area contributed by atoms with Gasteiger partial charge in [-0.2, -0.15) is 0 Å². The Morgan fingerprint density at radius 2 is 1.88 bits per heavy atom. The van der Waals surface area contributed by atoms with E-state index in [2.05, 4.69) is 12.2 Å². The van der Waals surface area contributed by atoms with Gasteiger partial charge in [-0.25, -0.2) is 0 Å². The molecule has 0 saturated heterocycles. The smallest absolute Gasteiger partial charge is 0.119 e. The van der Waals surface area contributed by atoms with E-state index >= 15 is 0 Å². The van der Waals surface area contributed by atoms with Gasteiger partial charge in [-0.1, -0.05) is 6.92 Å². The van der Waals surface area contributed by atoms with Crippen molar-refractivity contribution in [1.29, 1.82) is 0 Å². The molecule has 1 aromatic rings. The second-order valence-electron chi connectivity index (χ2n) is 4.54. The molecule has 0 fully saturated rings. The topological polar surface area (TPSA) is 41.5 Å². The Morgan fingerprint density at radius 1 is 1.25 bits per heavy atom. The Labute approximate surface area is 97.4 Å². The zero-order valence-corrected chi connectivity index (χ0v) is 10.3. The third kappa shape index (κ3) is 5.03. The zero-order chi connectivity index (χ0) is 12.0. The number of rotatable bonds is 6. The van der Waals surface area contributed by atoms with Crippen LogP contribution in [0.15, 0.2) is 24.3 Å². The summed E-state index contributed by atoms with van der Waals surface area (Å²) in [6.07, 6.45) is 1.01. The lowest BCUT2D eigenvalue weighted by Crippen LogP contribution is -2.29. The number of benzene rings is 1. The molecule has 0 bridgehead atoms. The fraction of sp³-hybridized carbons (Fsp3) is 0.538. The van der Waals surface area contributed by atoms with E-state index < -0.39 is 5.60 Å². The summed E-state index contributed by atoms with van der Waals surface area (Å²) in [6.45, 7) is 6.91. The number of hydrogen-bond acceptors (Lipinski definition) is 3. The molecule has 16 heavy (non-hydrogen) atoms. The number of ether oxygens (including phenoxy) is 1. The van der Waals surface area contributed by atoms with Crippen molar-refractivity contribution in [2.45, 2.75) is 32.8 Å². The highest BCUT2D eigenvalue weighted by Gasteiger charge is 2.11. The molecule has 0 atom stereocenters. The van der Waals surface area contributed by atoms with Gasteiger partial charge >= 0.3 is 0 Å². The first-order valence-corrected chi connectivity index (χ1v) is 5.70. The second kappa shape index (κ2) is 5.75. The van der Waals surface area contributed by atoms with Crippen LogP contribution in [-0.2, 0) is 0 Å². The number of aliphatic hydroxyl groups is 1. The summed E-state index contributed by atoms with van der Waals surface area (Å²) in [5, 5.41) is 12.7. The predicted molar refractivity (Wildman–Crippen MR) is 67.0 cm³/mol. The molecule has 3 heteroatoms. The predicted octanol–water partition coefficient (Wildman–Crippen LogP) is 2.66. The molecule has 0 saturated carbocycles. The number of hydrogen-bond donors (Lipinski definition) is 2. The quantitative estimate of drug-likeness (QED) is 0.779. The molecule has 0 aliphatic rings. The molecule has 1 rings (SSSR count). The van der Waals surface area contributed by atoms with Gasteiger partial charge in [0.1, 0.15) is 5.75 Å². The van der Waals surface area contributed by atoms with E-state index in [9.17, 15) is 5.11 Å². The summed E-state index contributed by atoms with van der Waals surface area (Å²) < 4.78 is 5.48. The molecule has 3 nitrogen and oxygen atoms in total. The van der Waals surface area contributed by atoms with E-state index in [1.54, 1.807) is 13.8 Å². The van der Waals surface area contributed by atoms with Gasteiger partial charge in [0.15, 0.2) is 0 Å². The maximum atomic E-state index is 9.56. The molecule has 0 spiro atoms. The summed E-state index contributed by atoms with van der Waals surface area (Å²) in [7, 11) is 0. The summed E-state index contributed by atoms with van der Waals surface area (Å²) in [6, 6.07) is 7.78. The molecular formula is C13H21NO2. The summed E-state index contributed by atoms with van der Waals surface area (Å²) in [5.41, 5.74) is 0.295. The van der Waals surface area contributed by atoms with Gasteiger partial charge in [0.05, 0.1) is 12.2 Å². The molecule has 0 aliphatic heterocycles. The van der Waals surface area contributed by atoms with Crippen LogP contribution in [0.5, 0.6) is 5.75 Å². The van der Waals surface area contributed by atoms with Crippen LogP contribution in [0, 0.1) is 0 Å². The molecule has 0 aliphatic carbocycles. The van der Waals surface area contributed by atoms with Crippen molar-refractivity contribution in [2.75, 3.05) is 18.5 Å². The Hall–Kier alpha value is -1.22. The van der Waals surface area contributed by atoms with Crippen LogP contribution in [0.25, 0.3) is 0 Å². The van der Waals surface area contributed by atoms with Crippen LogP contribution < -0.4 is 10.1 Å². The summed E-state index contributed by atoms with van der Waals surface area (Å²) in [4.78, 5) is 0. The molecule has 1 aromatic carbocycles. The minimum atomic E-state index is -0.697. The lowest BCUT2D eigenvalue weighted by Gasteiger charge is -2.18. The highest BCUT2D eigenvalue weighted by atomic mass is 16.5. The lowest BCUT2D eigenvalue weighted by molar-refractivity contribution is 0.0945. The lowest BCUT2D eigenvalue weighted by atomic mass is 10.1. The minimum Gasteiger partial charge on any atom is -0.494 e.